The number of carbonyl (C=O) groups excluding carboxylic acids is 1. The molecule has 0 aliphatic carbocycles. The van der Waals surface area contributed by atoms with Gasteiger partial charge in [-0.25, -0.2) is 4.79 Å². The Hall–Kier alpha value is -2.86. The van der Waals surface area contributed by atoms with Gasteiger partial charge in [-0.1, -0.05) is 30.3 Å². The number of carbonyl (C=O) groups is 1. The zero-order valence-electron chi connectivity index (χ0n) is 15.9. The molecule has 1 aliphatic heterocycles. The molecule has 0 spiro atoms. The van der Waals surface area contributed by atoms with Gasteiger partial charge in [-0.3, -0.25) is 19.1 Å². The molecule has 0 bridgehead atoms. The molecule has 162 valence electrons. The monoisotopic (exact) mass is 423 g/mol. The van der Waals surface area contributed by atoms with Crippen molar-refractivity contribution in [2.24, 2.45) is 0 Å². The highest BCUT2D eigenvalue weighted by molar-refractivity contribution is 5.73. The molecule has 3 rings (SSSR count). The molecular weight excluding hydrogens is 401 g/mol. The summed E-state index contributed by atoms with van der Waals surface area (Å²) in [4.78, 5) is 43.0. The summed E-state index contributed by atoms with van der Waals surface area (Å²) < 4.78 is 19.1. The van der Waals surface area contributed by atoms with Crippen molar-refractivity contribution in [2.75, 3.05) is 18.1 Å². The zero-order chi connectivity index (χ0) is 21.7. The minimum atomic E-state index is -1.61. The molecule has 0 radical (unpaired) electrons. The van der Waals surface area contributed by atoms with E-state index in [2.05, 4.69) is 4.94 Å². The van der Waals surface area contributed by atoms with E-state index in [0.717, 1.165) is 21.2 Å². The summed E-state index contributed by atoms with van der Waals surface area (Å²) >= 11 is 0. The Morgan fingerprint density at radius 1 is 1.30 bits per heavy atom. The Balaban J connectivity index is 1.83. The lowest BCUT2D eigenvalue weighted by Crippen LogP contribution is -2.40. The predicted molar refractivity (Wildman–Crippen MR) is 102 cm³/mol. The van der Waals surface area contributed by atoms with Gasteiger partial charge in [0.05, 0.1) is 6.61 Å². The van der Waals surface area contributed by atoms with Gasteiger partial charge in [0.2, 0.25) is 6.41 Å². The van der Waals surface area contributed by atoms with E-state index >= 15 is 0 Å². The van der Waals surface area contributed by atoms with E-state index in [1.165, 1.54) is 0 Å². The van der Waals surface area contributed by atoms with E-state index < -0.39 is 42.4 Å². The van der Waals surface area contributed by atoms with Gasteiger partial charge in [-0.2, -0.15) is 4.94 Å². The maximum Gasteiger partial charge on any atom is 0.330 e. The van der Waals surface area contributed by atoms with Crippen LogP contribution in [-0.2, 0) is 20.9 Å². The first-order chi connectivity index (χ1) is 14.5. The first kappa shape index (κ1) is 21.8. The number of hydrogen-bond donors (Lipinski definition) is 3. The third-order valence-electron chi connectivity index (χ3n) is 4.96. The average molecular weight is 423 g/mol. The summed E-state index contributed by atoms with van der Waals surface area (Å²) in [5.41, 5.74) is -0.843. The van der Waals surface area contributed by atoms with Crippen LogP contribution in [0.2, 0.25) is 0 Å². The normalized spacial score (nSPS) is 23.4. The molecule has 4 atom stereocenters. The van der Waals surface area contributed by atoms with Crippen LogP contribution in [0.3, 0.4) is 0 Å². The maximum absolute atomic E-state index is 13.0. The number of ether oxygens (including phenoxy) is 1. The average Bonchev–Trinajstić information content (AvgIpc) is 3.07. The lowest BCUT2D eigenvalue weighted by Gasteiger charge is -2.21. The second-order valence-electron chi connectivity index (χ2n) is 6.86. The highest BCUT2D eigenvalue weighted by atomic mass is 19.3. The fourth-order valence-corrected chi connectivity index (χ4v) is 3.39. The fourth-order valence-electron chi connectivity index (χ4n) is 3.39. The quantitative estimate of drug-likeness (QED) is 0.470. The van der Waals surface area contributed by atoms with Crippen LogP contribution in [0.1, 0.15) is 18.2 Å². The minimum Gasteiger partial charge on any atom is -0.394 e. The standard InChI is InChI=1S/C19H22FN3O7/c20-30-16-15(26)14(10-24)29-18(16)23-9-13(17(27)21-19(23)28)22(11-25)8-4-7-12-5-2-1-3-6-12/h1-3,5-6,9,11,14-16,18,24,26H,4,7-8,10H2,(H,21,27,28)/t14-,15+,16-,18-/m1/s1. The van der Waals surface area contributed by atoms with Crippen molar-refractivity contribution in [3.8, 4) is 0 Å². The van der Waals surface area contributed by atoms with Crippen molar-refractivity contribution in [1.29, 1.82) is 0 Å². The van der Waals surface area contributed by atoms with E-state index in [1.807, 2.05) is 35.3 Å². The van der Waals surface area contributed by atoms with Crippen molar-refractivity contribution in [2.45, 2.75) is 37.4 Å². The van der Waals surface area contributed by atoms with Crippen molar-refractivity contribution >= 4 is 12.1 Å². The number of rotatable bonds is 9. The molecule has 2 aromatic rings. The van der Waals surface area contributed by atoms with Gasteiger partial charge in [0.15, 0.2) is 12.3 Å². The van der Waals surface area contributed by atoms with Crippen molar-refractivity contribution in [3.63, 3.8) is 0 Å². The van der Waals surface area contributed by atoms with Crippen LogP contribution in [0, 0.1) is 0 Å². The number of aryl methyl sites for hydroxylation is 1. The van der Waals surface area contributed by atoms with Gasteiger partial charge in [0.1, 0.15) is 17.9 Å². The highest BCUT2D eigenvalue weighted by Gasteiger charge is 2.47. The Kier molecular flexibility index (Phi) is 7.11. The zero-order valence-corrected chi connectivity index (χ0v) is 15.9. The number of hydrogen-bond acceptors (Lipinski definition) is 7. The van der Waals surface area contributed by atoms with E-state index in [4.69, 9.17) is 4.74 Å². The van der Waals surface area contributed by atoms with E-state index in [-0.39, 0.29) is 12.2 Å². The number of aromatic nitrogens is 2. The lowest BCUT2D eigenvalue weighted by molar-refractivity contribution is -0.221. The fraction of sp³-hybridized carbons (Fsp3) is 0.421. The molecule has 3 N–H and O–H groups in total. The number of aromatic amines is 1. The number of amides is 1. The number of anilines is 1. The summed E-state index contributed by atoms with van der Waals surface area (Å²) in [5.74, 6) is 0. The summed E-state index contributed by atoms with van der Waals surface area (Å²) in [6.45, 7) is -0.446. The predicted octanol–water partition coefficient (Wildman–Crippen LogP) is -0.347. The third kappa shape index (κ3) is 4.49. The summed E-state index contributed by atoms with van der Waals surface area (Å²) in [5, 5.41) is 19.2. The number of nitrogens with one attached hydrogen (secondary N) is 1. The number of aliphatic hydroxyl groups is 2. The summed E-state index contributed by atoms with van der Waals surface area (Å²) in [7, 11) is 0. The van der Waals surface area contributed by atoms with Crippen LogP contribution in [-0.4, -0.2) is 57.6 Å². The molecule has 1 aromatic heterocycles. The number of halogens is 1. The first-order valence-electron chi connectivity index (χ1n) is 9.33. The molecule has 1 fully saturated rings. The second kappa shape index (κ2) is 9.76. The largest absolute Gasteiger partial charge is 0.394 e. The number of nitrogens with zero attached hydrogens (tertiary/aromatic N) is 2. The molecule has 0 saturated carbocycles. The molecule has 30 heavy (non-hydrogen) atoms. The van der Waals surface area contributed by atoms with Crippen molar-refractivity contribution in [1.82, 2.24) is 9.55 Å². The lowest BCUT2D eigenvalue weighted by atomic mass is 10.1. The van der Waals surface area contributed by atoms with E-state index in [1.54, 1.807) is 0 Å². The van der Waals surface area contributed by atoms with Gasteiger partial charge in [0, 0.05) is 12.7 Å². The molecule has 0 unspecified atom stereocenters. The Labute approximate surface area is 170 Å². The van der Waals surface area contributed by atoms with Crippen LogP contribution in [0.5, 0.6) is 0 Å². The van der Waals surface area contributed by atoms with Crippen LogP contribution in [0.25, 0.3) is 0 Å². The molecule has 11 heteroatoms. The molecule has 2 heterocycles. The minimum absolute atomic E-state index is 0.152. The molecule has 1 aliphatic rings. The molecule has 1 amide bonds. The summed E-state index contributed by atoms with van der Waals surface area (Å²) in [6, 6.07) is 9.56. The second-order valence-corrected chi connectivity index (χ2v) is 6.86. The van der Waals surface area contributed by atoms with Crippen molar-refractivity contribution < 1.29 is 29.2 Å². The maximum atomic E-state index is 13.0. The topological polar surface area (TPSA) is 134 Å². The SMILES string of the molecule is O=CN(CCCc1ccccc1)c1cn([C@@H]2O[C@H](CO)[C@H](O)[C@H]2OF)c(=O)[nH]c1=O. The van der Waals surface area contributed by atoms with Crippen LogP contribution in [0.4, 0.5) is 10.2 Å². The molecule has 1 saturated heterocycles. The van der Waals surface area contributed by atoms with Crippen molar-refractivity contribution in [3.05, 3.63) is 62.9 Å². The Morgan fingerprint density at radius 3 is 2.67 bits per heavy atom. The third-order valence-corrected chi connectivity index (χ3v) is 4.96. The highest BCUT2D eigenvalue weighted by Crippen LogP contribution is 2.31. The number of aliphatic hydroxyl groups excluding tert-OH is 2. The molecular formula is C19H22FN3O7. The van der Waals surface area contributed by atoms with Gasteiger partial charge in [-0.05, 0) is 22.9 Å². The number of benzene rings is 1. The van der Waals surface area contributed by atoms with Gasteiger partial charge >= 0.3 is 5.69 Å². The van der Waals surface area contributed by atoms with Crippen LogP contribution in [0.15, 0.2) is 46.1 Å². The van der Waals surface area contributed by atoms with Gasteiger partial charge < -0.3 is 19.8 Å². The smallest absolute Gasteiger partial charge is 0.330 e. The summed E-state index contributed by atoms with van der Waals surface area (Å²) in [6.07, 6.45) is -3.09. The molecule has 10 nitrogen and oxygen atoms in total. The number of H-pyrrole nitrogens is 1. The Bertz CT molecular complexity index is 965. The van der Waals surface area contributed by atoms with Crippen LogP contribution >= 0.6 is 0 Å². The van der Waals surface area contributed by atoms with Gasteiger partial charge in [-0.15, -0.1) is 0 Å². The van der Waals surface area contributed by atoms with E-state index in [0.29, 0.717) is 19.3 Å². The Morgan fingerprint density at radius 2 is 2.03 bits per heavy atom. The molecule has 1 aromatic carbocycles. The van der Waals surface area contributed by atoms with E-state index in [9.17, 15) is 29.1 Å². The van der Waals surface area contributed by atoms with Gasteiger partial charge in [0.25, 0.3) is 5.56 Å². The van der Waals surface area contributed by atoms with Crippen LogP contribution < -0.4 is 16.1 Å². The first-order valence-corrected chi connectivity index (χ1v) is 9.33.